The molecule has 1 aliphatic heterocycles. The first kappa shape index (κ1) is 16.3. The standard InChI is InChI=1S/C26H23NSi/c1-26(2)19-12-8-14-21-23(19)22-18(11-7-13-20(22)28(21,3)4)25-24(26)17-10-6-5-9-16(17)15-27-25/h5-15H,1-4H3. The van der Waals surface area contributed by atoms with Crippen molar-refractivity contribution in [2.75, 3.05) is 0 Å². The van der Waals surface area contributed by atoms with E-state index in [0.717, 1.165) is 5.69 Å². The van der Waals surface area contributed by atoms with Gasteiger partial charge in [-0.1, -0.05) is 87.6 Å². The normalized spacial score (nSPS) is 17.1. The van der Waals surface area contributed by atoms with Crippen molar-refractivity contribution in [3.05, 3.63) is 78.0 Å². The minimum atomic E-state index is -1.69. The Morgan fingerprint density at radius 1 is 0.786 bits per heavy atom. The summed E-state index contributed by atoms with van der Waals surface area (Å²) < 4.78 is 0. The molecule has 0 radical (unpaired) electrons. The molecule has 2 heterocycles. The summed E-state index contributed by atoms with van der Waals surface area (Å²) in [6, 6.07) is 22.6. The third kappa shape index (κ3) is 1.75. The number of hydrogen-bond donors (Lipinski definition) is 0. The van der Waals surface area contributed by atoms with Gasteiger partial charge in [0, 0.05) is 22.6 Å². The number of hydrogen-bond acceptors (Lipinski definition) is 1. The molecule has 136 valence electrons. The van der Waals surface area contributed by atoms with E-state index in [0.29, 0.717) is 0 Å². The van der Waals surface area contributed by atoms with Gasteiger partial charge in [-0.25, -0.2) is 0 Å². The Kier molecular flexibility index (Phi) is 2.91. The van der Waals surface area contributed by atoms with Crippen LogP contribution in [0.4, 0.5) is 0 Å². The molecule has 0 saturated heterocycles. The van der Waals surface area contributed by atoms with Crippen LogP contribution in [0, 0.1) is 0 Å². The lowest BCUT2D eigenvalue weighted by Crippen LogP contribution is -2.49. The van der Waals surface area contributed by atoms with Gasteiger partial charge in [0.25, 0.3) is 0 Å². The zero-order valence-corrected chi connectivity index (χ0v) is 17.8. The Bertz CT molecular complexity index is 1310. The fourth-order valence-electron chi connectivity index (χ4n) is 5.68. The van der Waals surface area contributed by atoms with Crippen LogP contribution >= 0.6 is 0 Å². The van der Waals surface area contributed by atoms with Gasteiger partial charge in [0.2, 0.25) is 0 Å². The third-order valence-electron chi connectivity index (χ3n) is 7.08. The number of fused-ring (bicyclic) bond motifs is 4. The van der Waals surface area contributed by atoms with E-state index in [2.05, 4.69) is 93.8 Å². The number of benzene rings is 3. The molecule has 0 unspecified atom stereocenters. The first-order valence-corrected chi connectivity index (χ1v) is 13.1. The first-order valence-electron chi connectivity index (χ1n) is 10.1. The average Bonchev–Trinajstić information content (AvgIpc) is 2.89. The Morgan fingerprint density at radius 3 is 2.32 bits per heavy atom. The van der Waals surface area contributed by atoms with Gasteiger partial charge >= 0.3 is 0 Å². The second-order valence-corrected chi connectivity index (χ2v) is 13.6. The SMILES string of the molecule is CC1(C)c2cccc3c2-c2c(cccc2[Si]3(C)C)-c2ncc3ccccc3c21. The van der Waals surface area contributed by atoms with Crippen LogP contribution in [-0.4, -0.2) is 13.1 Å². The molecule has 3 aromatic carbocycles. The molecule has 0 amide bonds. The van der Waals surface area contributed by atoms with E-state index in [9.17, 15) is 0 Å². The molecule has 0 saturated carbocycles. The molecule has 1 aliphatic carbocycles. The van der Waals surface area contributed by atoms with Crippen LogP contribution in [0.5, 0.6) is 0 Å². The summed E-state index contributed by atoms with van der Waals surface area (Å²) in [7, 11) is -1.69. The molecule has 0 fully saturated rings. The number of nitrogens with zero attached hydrogens (tertiary/aromatic N) is 1. The highest BCUT2D eigenvalue weighted by Gasteiger charge is 2.45. The van der Waals surface area contributed by atoms with E-state index >= 15 is 0 Å². The summed E-state index contributed by atoms with van der Waals surface area (Å²) in [6.07, 6.45) is 2.05. The molecule has 4 aromatic rings. The fraction of sp³-hybridized carbons (Fsp3) is 0.192. The molecular weight excluding hydrogens is 354 g/mol. The average molecular weight is 378 g/mol. The molecule has 2 heteroatoms. The summed E-state index contributed by atoms with van der Waals surface area (Å²) in [5.74, 6) is 0. The van der Waals surface area contributed by atoms with Crippen molar-refractivity contribution in [2.24, 2.45) is 0 Å². The zero-order chi connectivity index (χ0) is 19.3. The van der Waals surface area contributed by atoms with Crippen molar-refractivity contribution in [3.63, 3.8) is 0 Å². The van der Waals surface area contributed by atoms with E-state index in [1.165, 1.54) is 38.6 Å². The topological polar surface area (TPSA) is 12.9 Å². The van der Waals surface area contributed by atoms with E-state index in [4.69, 9.17) is 4.98 Å². The minimum Gasteiger partial charge on any atom is -0.255 e. The summed E-state index contributed by atoms with van der Waals surface area (Å²) in [6.45, 7) is 9.76. The maximum Gasteiger partial charge on any atom is 0.113 e. The Morgan fingerprint density at radius 2 is 1.50 bits per heavy atom. The summed E-state index contributed by atoms with van der Waals surface area (Å²) in [5, 5.41) is 5.69. The predicted octanol–water partition coefficient (Wildman–Crippen LogP) is 5.34. The van der Waals surface area contributed by atoms with Crippen LogP contribution < -0.4 is 10.4 Å². The molecule has 0 spiro atoms. The summed E-state index contributed by atoms with van der Waals surface area (Å²) >= 11 is 0. The van der Waals surface area contributed by atoms with Crippen LogP contribution in [0.3, 0.4) is 0 Å². The van der Waals surface area contributed by atoms with Gasteiger partial charge in [-0.15, -0.1) is 0 Å². The number of aromatic nitrogens is 1. The molecular formula is C26H23NSi. The van der Waals surface area contributed by atoms with Gasteiger partial charge in [0.1, 0.15) is 8.07 Å². The van der Waals surface area contributed by atoms with Crippen LogP contribution in [-0.2, 0) is 5.41 Å². The van der Waals surface area contributed by atoms with Crippen LogP contribution in [0.25, 0.3) is 33.2 Å². The van der Waals surface area contributed by atoms with Gasteiger partial charge in [0.05, 0.1) is 5.69 Å². The summed E-state index contributed by atoms with van der Waals surface area (Å²) in [4.78, 5) is 5.05. The van der Waals surface area contributed by atoms with Gasteiger partial charge in [-0.2, -0.15) is 0 Å². The Balaban J connectivity index is 1.91. The molecule has 0 bridgehead atoms. The van der Waals surface area contributed by atoms with Crippen molar-refractivity contribution in [1.82, 2.24) is 4.98 Å². The monoisotopic (exact) mass is 377 g/mol. The lowest BCUT2D eigenvalue weighted by Gasteiger charge is -2.30. The van der Waals surface area contributed by atoms with Crippen LogP contribution in [0.1, 0.15) is 25.0 Å². The molecule has 0 N–H and O–H groups in total. The van der Waals surface area contributed by atoms with Crippen LogP contribution in [0.2, 0.25) is 13.1 Å². The molecule has 0 atom stereocenters. The number of rotatable bonds is 0. The molecule has 6 rings (SSSR count). The van der Waals surface area contributed by atoms with E-state index in [1.54, 1.807) is 10.4 Å². The maximum atomic E-state index is 5.05. The smallest absolute Gasteiger partial charge is 0.113 e. The second kappa shape index (κ2) is 5.01. The van der Waals surface area contributed by atoms with Gasteiger partial charge in [-0.05, 0) is 38.0 Å². The largest absolute Gasteiger partial charge is 0.255 e. The van der Waals surface area contributed by atoms with E-state index < -0.39 is 8.07 Å². The van der Waals surface area contributed by atoms with Crippen molar-refractivity contribution in [2.45, 2.75) is 32.4 Å². The van der Waals surface area contributed by atoms with Gasteiger partial charge in [-0.3, -0.25) is 4.98 Å². The van der Waals surface area contributed by atoms with Gasteiger partial charge < -0.3 is 0 Å². The zero-order valence-electron chi connectivity index (χ0n) is 16.8. The lowest BCUT2D eigenvalue weighted by atomic mass is 9.74. The third-order valence-corrected chi connectivity index (χ3v) is 10.6. The molecule has 28 heavy (non-hydrogen) atoms. The molecule has 1 nitrogen and oxygen atoms in total. The molecule has 1 aromatic heterocycles. The van der Waals surface area contributed by atoms with Crippen molar-refractivity contribution in [3.8, 4) is 22.4 Å². The predicted molar refractivity (Wildman–Crippen MR) is 121 cm³/mol. The Labute approximate surface area is 167 Å². The highest BCUT2D eigenvalue weighted by atomic mass is 28.3. The maximum absolute atomic E-state index is 5.05. The lowest BCUT2D eigenvalue weighted by molar-refractivity contribution is 0.650. The van der Waals surface area contributed by atoms with Crippen molar-refractivity contribution in [1.29, 1.82) is 0 Å². The fourth-order valence-corrected chi connectivity index (χ4v) is 8.77. The van der Waals surface area contributed by atoms with Crippen LogP contribution in [0.15, 0.2) is 66.9 Å². The Hall–Kier alpha value is -2.71. The van der Waals surface area contributed by atoms with E-state index in [1.807, 2.05) is 0 Å². The van der Waals surface area contributed by atoms with Gasteiger partial charge in [0.15, 0.2) is 0 Å². The van der Waals surface area contributed by atoms with Crippen molar-refractivity contribution >= 4 is 29.2 Å². The highest BCUT2D eigenvalue weighted by molar-refractivity contribution is 7.04. The first-order chi connectivity index (χ1) is 13.4. The molecule has 2 aliphatic rings. The van der Waals surface area contributed by atoms with E-state index in [-0.39, 0.29) is 5.41 Å². The van der Waals surface area contributed by atoms with Crippen molar-refractivity contribution < 1.29 is 0 Å². The summed E-state index contributed by atoms with van der Waals surface area (Å²) in [5.41, 5.74) is 8.13. The number of pyridine rings is 1. The second-order valence-electron chi connectivity index (χ2n) is 9.28. The minimum absolute atomic E-state index is 0.111. The quantitative estimate of drug-likeness (QED) is 0.377. The highest BCUT2D eigenvalue weighted by Crippen LogP contribution is 2.50.